The minimum absolute atomic E-state index is 0.798. The average molecular weight is 167 g/mol. The van der Waals surface area contributed by atoms with Gasteiger partial charge >= 0.3 is 0 Å². The van der Waals surface area contributed by atoms with Crippen LogP contribution in [0.1, 0.15) is 19.8 Å². The smallest absolute Gasteiger partial charge is 0.0465 e. The van der Waals surface area contributed by atoms with Crippen molar-refractivity contribution >= 4 is 6.72 Å². The molecule has 68 valence electrons. The van der Waals surface area contributed by atoms with Crippen LogP contribution in [0.5, 0.6) is 0 Å². The second-order valence-corrected chi connectivity index (χ2v) is 2.48. The van der Waals surface area contributed by atoms with Crippen LogP contribution in [0.3, 0.4) is 0 Å². The molecular weight excluding hydrogens is 150 g/mol. The van der Waals surface area contributed by atoms with E-state index in [0.29, 0.717) is 0 Å². The van der Waals surface area contributed by atoms with E-state index in [4.69, 9.17) is 4.74 Å². The maximum Gasteiger partial charge on any atom is 0.0465 e. The molecule has 0 saturated carbocycles. The fourth-order valence-electron chi connectivity index (χ4n) is 0.943. The fourth-order valence-corrected chi connectivity index (χ4v) is 0.943. The van der Waals surface area contributed by atoms with Gasteiger partial charge < -0.3 is 4.74 Å². The van der Waals surface area contributed by atoms with Gasteiger partial charge in [-0.25, -0.2) is 0 Å². The molecule has 0 aliphatic rings. The van der Waals surface area contributed by atoms with E-state index < -0.39 is 0 Å². The molecule has 0 unspecified atom stereocenters. The molecule has 0 aromatic carbocycles. The maximum atomic E-state index is 4.95. The zero-order valence-corrected chi connectivity index (χ0v) is 7.92. The Balaban J connectivity index is 3.79. The molecule has 0 amide bonds. The first kappa shape index (κ1) is 11.1. The van der Waals surface area contributed by atoms with Gasteiger partial charge in [0.15, 0.2) is 0 Å². The van der Waals surface area contributed by atoms with E-state index in [1.165, 1.54) is 5.57 Å². The Bertz CT molecular complexity index is 171. The lowest BCUT2D eigenvalue weighted by molar-refractivity contribution is 0.195. The van der Waals surface area contributed by atoms with Gasteiger partial charge in [0.2, 0.25) is 0 Å². The van der Waals surface area contributed by atoms with Gasteiger partial charge in [-0.2, -0.15) is 0 Å². The summed E-state index contributed by atoms with van der Waals surface area (Å²) >= 11 is 0. The van der Waals surface area contributed by atoms with Gasteiger partial charge in [0.25, 0.3) is 0 Å². The Morgan fingerprint density at radius 1 is 1.58 bits per heavy atom. The van der Waals surface area contributed by atoms with Gasteiger partial charge in [0.05, 0.1) is 0 Å². The second kappa shape index (κ2) is 8.21. The summed E-state index contributed by atoms with van der Waals surface area (Å²) in [5.41, 5.74) is 1.20. The van der Waals surface area contributed by atoms with Crippen LogP contribution >= 0.6 is 0 Å². The highest BCUT2D eigenvalue weighted by atomic mass is 16.5. The molecule has 2 heteroatoms. The van der Waals surface area contributed by atoms with Crippen molar-refractivity contribution in [3.63, 3.8) is 0 Å². The SMILES string of the molecule is C=N/C=C(\C=C/C)CCCOC. The second-order valence-electron chi connectivity index (χ2n) is 2.48. The van der Waals surface area contributed by atoms with Crippen molar-refractivity contribution in [2.75, 3.05) is 13.7 Å². The predicted octanol–water partition coefficient (Wildman–Crippen LogP) is 2.57. The highest BCUT2D eigenvalue weighted by Crippen LogP contribution is 2.06. The van der Waals surface area contributed by atoms with Gasteiger partial charge in [0.1, 0.15) is 0 Å². The summed E-state index contributed by atoms with van der Waals surface area (Å²) in [5, 5.41) is 0. The maximum absolute atomic E-state index is 4.95. The average Bonchev–Trinajstić information content (AvgIpc) is 2.06. The molecule has 0 aromatic rings. The van der Waals surface area contributed by atoms with Crippen LogP contribution in [0.4, 0.5) is 0 Å². The number of nitrogens with zero attached hydrogens (tertiary/aromatic N) is 1. The van der Waals surface area contributed by atoms with Crippen LogP contribution in [-0.2, 0) is 4.74 Å². The highest BCUT2D eigenvalue weighted by molar-refractivity contribution is 5.28. The highest BCUT2D eigenvalue weighted by Gasteiger charge is 1.91. The van der Waals surface area contributed by atoms with Crippen molar-refractivity contribution in [3.8, 4) is 0 Å². The van der Waals surface area contributed by atoms with Gasteiger partial charge in [0, 0.05) is 19.9 Å². The Kier molecular flexibility index (Phi) is 7.60. The van der Waals surface area contributed by atoms with Crippen molar-refractivity contribution in [2.24, 2.45) is 4.99 Å². The first-order valence-electron chi connectivity index (χ1n) is 4.11. The van der Waals surface area contributed by atoms with Crippen molar-refractivity contribution in [1.29, 1.82) is 0 Å². The Labute approximate surface area is 74.7 Å². The standard InChI is InChI=1S/C10H17NO/c1-4-6-10(9-11-2)7-5-8-12-3/h4,6,9H,2,5,7-8H2,1,3H3/b6-4-,10-9+. The number of hydrogen-bond acceptors (Lipinski definition) is 2. The van der Waals surface area contributed by atoms with E-state index >= 15 is 0 Å². The minimum Gasteiger partial charge on any atom is -0.385 e. The third-order valence-corrected chi connectivity index (χ3v) is 1.45. The summed E-state index contributed by atoms with van der Waals surface area (Å²) in [6.45, 7) is 6.21. The molecule has 0 spiro atoms. The topological polar surface area (TPSA) is 21.6 Å². The summed E-state index contributed by atoms with van der Waals surface area (Å²) in [4.78, 5) is 3.73. The van der Waals surface area contributed by atoms with E-state index in [9.17, 15) is 0 Å². The molecule has 12 heavy (non-hydrogen) atoms. The van der Waals surface area contributed by atoms with Crippen LogP contribution in [0.25, 0.3) is 0 Å². The van der Waals surface area contributed by atoms with E-state index in [-0.39, 0.29) is 0 Å². The van der Waals surface area contributed by atoms with Crippen molar-refractivity contribution in [3.05, 3.63) is 23.9 Å². The summed E-state index contributed by atoms with van der Waals surface area (Å²) in [5.74, 6) is 0. The summed E-state index contributed by atoms with van der Waals surface area (Å²) < 4.78 is 4.95. The number of aliphatic imine (C=N–C) groups is 1. The van der Waals surface area contributed by atoms with Crippen molar-refractivity contribution in [1.82, 2.24) is 0 Å². The molecule has 0 atom stereocenters. The van der Waals surface area contributed by atoms with Gasteiger partial charge in [-0.05, 0) is 32.1 Å². The van der Waals surface area contributed by atoms with Crippen LogP contribution in [0.15, 0.2) is 28.9 Å². The van der Waals surface area contributed by atoms with E-state index in [1.807, 2.05) is 19.1 Å². The van der Waals surface area contributed by atoms with Crippen LogP contribution in [0, 0.1) is 0 Å². The Morgan fingerprint density at radius 3 is 2.83 bits per heavy atom. The molecule has 0 bridgehead atoms. The predicted molar refractivity (Wildman–Crippen MR) is 53.6 cm³/mol. The third kappa shape index (κ3) is 5.86. The number of allylic oxidation sites excluding steroid dienone is 3. The van der Waals surface area contributed by atoms with E-state index in [1.54, 1.807) is 13.3 Å². The zero-order chi connectivity index (χ0) is 9.23. The van der Waals surface area contributed by atoms with Gasteiger partial charge in [-0.1, -0.05) is 12.2 Å². The lowest BCUT2D eigenvalue weighted by Crippen LogP contribution is -1.89. The van der Waals surface area contributed by atoms with E-state index in [0.717, 1.165) is 19.4 Å². The first-order chi connectivity index (χ1) is 5.85. The number of rotatable bonds is 6. The van der Waals surface area contributed by atoms with Gasteiger partial charge in [-0.15, -0.1) is 0 Å². The summed E-state index contributed by atoms with van der Waals surface area (Å²) in [6.07, 6.45) is 7.86. The molecule has 0 aliphatic heterocycles. The number of methoxy groups -OCH3 is 1. The third-order valence-electron chi connectivity index (χ3n) is 1.45. The molecule has 0 aliphatic carbocycles. The van der Waals surface area contributed by atoms with Gasteiger partial charge in [-0.3, -0.25) is 4.99 Å². The van der Waals surface area contributed by atoms with E-state index in [2.05, 4.69) is 11.7 Å². The van der Waals surface area contributed by atoms with Crippen LogP contribution in [-0.4, -0.2) is 20.4 Å². The summed E-state index contributed by atoms with van der Waals surface area (Å²) in [6, 6.07) is 0. The molecule has 2 nitrogen and oxygen atoms in total. The molecule has 0 rings (SSSR count). The quantitative estimate of drug-likeness (QED) is 0.338. The molecule has 0 N–H and O–H groups in total. The van der Waals surface area contributed by atoms with Crippen molar-refractivity contribution < 1.29 is 4.74 Å². The van der Waals surface area contributed by atoms with Crippen molar-refractivity contribution in [2.45, 2.75) is 19.8 Å². The molecular formula is C10H17NO. The summed E-state index contributed by atoms with van der Waals surface area (Å²) in [7, 11) is 1.71. The monoisotopic (exact) mass is 167 g/mol. The minimum atomic E-state index is 0.798. The van der Waals surface area contributed by atoms with Crippen LogP contribution < -0.4 is 0 Å². The number of hydrogen-bond donors (Lipinski definition) is 0. The van der Waals surface area contributed by atoms with Crippen LogP contribution in [0.2, 0.25) is 0 Å². The lowest BCUT2D eigenvalue weighted by atomic mass is 10.1. The molecule has 0 aromatic heterocycles. The first-order valence-corrected chi connectivity index (χ1v) is 4.11. The Morgan fingerprint density at radius 2 is 2.33 bits per heavy atom. The molecule has 0 saturated heterocycles. The zero-order valence-electron chi connectivity index (χ0n) is 7.92. The normalized spacial score (nSPS) is 12.3. The number of ether oxygens (including phenoxy) is 1. The lowest BCUT2D eigenvalue weighted by Gasteiger charge is -1.99. The Hall–Kier alpha value is -0.890. The fraction of sp³-hybridized carbons (Fsp3) is 0.500. The molecule has 0 fully saturated rings. The molecule has 0 radical (unpaired) electrons. The largest absolute Gasteiger partial charge is 0.385 e. The molecule has 0 heterocycles.